The molecule has 0 bridgehead atoms. The minimum Gasteiger partial charge on any atom is -0.381 e. The molecule has 1 aromatic rings. The number of fused-ring (bicyclic) bond motifs is 1. The molecule has 2 amide bonds. The Bertz CT molecular complexity index is 708. The summed E-state index contributed by atoms with van der Waals surface area (Å²) in [6.07, 6.45) is 6.46. The van der Waals surface area contributed by atoms with Gasteiger partial charge in [-0.05, 0) is 44.4 Å². The Morgan fingerprint density at radius 2 is 2.00 bits per heavy atom. The van der Waals surface area contributed by atoms with Gasteiger partial charge in [-0.2, -0.15) is 0 Å². The van der Waals surface area contributed by atoms with Crippen LogP contribution in [-0.4, -0.2) is 55.3 Å². The maximum absolute atomic E-state index is 12.7. The minimum absolute atomic E-state index is 0.144. The van der Waals surface area contributed by atoms with Crippen molar-refractivity contribution in [2.45, 2.75) is 65.0 Å². The van der Waals surface area contributed by atoms with Crippen LogP contribution in [-0.2, 0) is 20.9 Å². The highest BCUT2D eigenvalue weighted by molar-refractivity contribution is 6.03. The molecule has 0 saturated heterocycles. The van der Waals surface area contributed by atoms with Gasteiger partial charge in [0.25, 0.3) is 5.91 Å². The average Bonchev–Trinajstić information content (AvgIpc) is 3.08. The highest BCUT2D eigenvalue weighted by Gasteiger charge is 2.33. The third kappa shape index (κ3) is 6.92. The molecule has 0 radical (unpaired) electrons. The molecule has 1 aromatic carbocycles. The fraction of sp³-hybridized carbons (Fsp3) is 0.609. The first kappa shape index (κ1) is 24.0. The van der Waals surface area contributed by atoms with Gasteiger partial charge in [0.1, 0.15) is 6.29 Å². The second kappa shape index (κ2) is 13.1. The summed E-state index contributed by atoms with van der Waals surface area (Å²) in [5.74, 6) is -0.292. The molecule has 0 fully saturated rings. The lowest BCUT2D eigenvalue weighted by atomic mass is 10.1. The van der Waals surface area contributed by atoms with Gasteiger partial charge in [0.15, 0.2) is 0 Å². The van der Waals surface area contributed by atoms with Crippen LogP contribution in [0.3, 0.4) is 0 Å². The van der Waals surface area contributed by atoms with Gasteiger partial charge in [-0.15, -0.1) is 0 Å². The SMILES string of the molecule is CCCCOCCCCNCC(=O)Nc1cccc2c1CN(C(C=O)CCC)C2=O. The van der Waals surface area contributed by atoms with Crippen molar-refractivity contribution in [1.82, 2.24) is 10.2 Å². The second-order valence-corrected chi connectivity index (χ2v) is 7.65. The molecule has 1 unspecified atom stereocenters. The molecule has 166 valence electrons. The predicted octanol–water partition coefficient (Wildman–Crippen LogP) is 3.14. The van der Waals surface area contributed by atoms with Gasteiger partial charge in [-0.1, -0.05) is 32.8 Å². The van der Waals surface area contributed by atoms with E-state index in [9.17, 15) is 14.4 Å². The van der Waals surface area contributed by atoms with E-state index in [1.165, 1.54) is 0 Å². The molecule has 7 heteroatoms. The summed E-state index contributed by atoms with van der Waals surface area (Å²) < 4.78 is 5.52. The number of benzene rings is 1. The first-order chi connectivity index (χ1) is 14.6. The molecule has 0 saturated carbocycles. The van der Waals surface area contributed by atoms with Gasteiger partial charge < -0.3 is 25.1 Å². The van der Waals surface area contributed by atoms with Gasteiger partial charge in [-0.25, -0.2) is 0 Å². The molecule has 7 nitrogen and oxygen atoms in total. The van der Waals surface area contributed by atoms with E-state index in [0.29, 0.717) is 24.2 Å². The number of anilines is 1. The number of hydrogen-bond donors (Lipinski definition) is 2. The predicted molar refractivity (Wildman–Crippen MR) is 118 cm³/mol. The van der Waals surface area contributed by atoms with Crippen molar-refractivity contribution in [2.75, 3.05) is 31.6 Å². The van der Waals surface area contributed by atoms with E-state index in [-0.39, 0.29) is 18.4 Å². The molecule has 0 aliphatic carbocycles. The van der Waals surface area contributed by atoms with Crippen molar-refractivity contribution in [3.05, 3.63) is 29.3 Å². The number of amides is 2. The summed E-state index contributed by atoms with van der Waals surface area (Å²) in [6, 6.07) is 4.89. The van der Waals surface area contributed by atoms with Crippen molar-refractivity contribution < 1.29 is 19.1 Å². The standard InChI is InChI=1S/C23H35N3O4/c1-3-5-13-30-14-7-6-12-24-15-22(28)25-21-11-8-10-19-20(21)16-26(23(19)29)18(17-27)9-4-2/h8,10-11,17-18,24H,3-7,9,12-16H2,1-2H3,(H,25,28). The van der Waals surface area contributed by atoms with E-state index in [1.807, 2.05) is 6.92 Å². The molecular formula is C23H35N3O4. The molecule has 1 atom stereocenters. The van der Waals surface area contributed by atoms with Gasteiger partial charge >= 0.3 is 0 Å². The smallest absolute Gasteiger partial charge is 0.255 e. The lowest BCUT2D eigenvalue weighted by molar-refractivity contribution is -0.115. The van der Waals surface area contributed by atoms with E-state index < -0.39 is 6.04 Å². The summed E-state index contributed by atoms with van der Waals surface area (Å²) >= 11 is 0. The van der Waals surface area contributed by atoms with Gasteiger partial charge in [0, 0.05) is 36.6 Å². The number of unbranched alkanes of at least 4 members (excludes halogenated alkanes) is 2. The fourth-order valence-electron chi connectivity index (χ4n) is 3.53. The summed E-state index contributed by atoms with van der Waals surface area (Å²) in [5, 5.41) is 6.05. The van der Waals surface area contributed by atoms with Crippen LogP contribution in [0.1, 0.15) is 68.3 Å². The Morgan fingerprint density at radius 1 is 1.20 bits per heavy atom. The molecule has 0 spiro atoms. The summed E-state index contributed by atoms with van der Waals surface area (Å²) in [6.45, 7) is 7.02. The number of nitrogens with one attached hydrogen (secondary N) is 2. The van der Waals surface area contributed by atoms with Crippen LogP contribution in [0.5, 0.6) is 0 Å². The van der Waals surface area contributed by atoms with E-state index in [4.69, 9.17) is 4.74 Å². The Kier molecular flexibility index (Phi) is 10.5. The maximum Gasteiger partial charge on any atom is 0.255 e. The number of aldehydes is 1. The Balaban J connectivity index is 1.79. The minimum atomic E-state index is -0.425. The van der Waals surface area contributed by atoms with E-state index in [2.05, 4.69) is 17.6 Å². The van der Waals surface area contributed by atoms with Crippen LogP contribution in [0.15, 0.2) is 18.2 Å². The molecular weight excluding hydrogens is 382 g/mol. The topological polar surface area (TPSA) is 87.7 Å². The molecule has 2 N–H and O–H groups in total. The first-order valence-electron chi connectivity index (χ1n) is 11.1. The summed E-state index contributed by atoms with van der Waals surface area (Å²) in [7, 11) is 0. The third-order valence-electron chi connectivity index (χ3n) is 5.23. The molecule has 30 heavy (non-hydrogen) atoms. The van der Waals surface area contributed by atoms with Crippen LogP contribution >= 0.6 is 0 Å². The van der Waals surface area contributed by atoms with E-state index in [0.717, 1.165) is 63.7 Å². The second-order valence-electron chi connectivity index (χ2n) is 7.65. The average molecular weight is 418 g/mol. The normalized spacial score (nSPS) is 13.9. The van der Waals surface area contributed by atoms with Crippen LogP contribution in [0, 0.1) is 0 Å². The third-order valence-corrected chi connectivity index (χ3v) is 5.23. The number of hydrogen-bond acceptors (Lipinski definition) is 5. The summed E-state index contributed by atoms with van der Waals surface area (Å²) in [4.78, 5) is 38.0. The van der Waals surface area contributed by atoms with Crippen molar-refractivity contribution in [2.24, 2.45) is 0 Å². The van der Waals surface area contributed by atoms with Crippen LogP contribution in [0.2, 0.25) is 0 Å². The van der Waals surface area contributed by atoms with Crippen LogP contribution in [0.4, 0.5) is 5.69 Å². The van der Waals surface area contributed by atoms with Gasteiger partial charge in [0.2, 0.25) is 5.91 Å². The van der Waals surface area contributed by atoms with Gasteiger partial charge in [-0.3, -0.25) is 9.59 Å². The van der Waals surface area contributed by atoms with Crippen molar-refractivity contribution in [3.8, 4) is 0 Å². The maximum atomic E-state index is 12.7. The van der Waals surface area contributed by atoms with Crippen molar-refractivity contribution in [1.29, 1.82) is 0 Å². The summed E-state index contributed by atoms with van der Waals surface area (Å²) in [5.41, 5.74) is 1.98. The first-order valence-corrected chi connectivity index (χ1v) is 11.1. The zero-order chi connectivity index (χ0) is 21.8. The molecule has 2 rings (SSSR count). The monoisotopic (exact) mass is 417 g/mol. The van der Waals surface area contributed by atoms with Gasteiger partial charge in [0.05, 0.1) is 12.6 Å². The Hall–Kier alpha value is -2.25. The number of nitrogens with zero attached hydrogens (tertiary/aromatic N) is 1. The lowest BCUT2D eigenvalue weighted by Crippen LogP contribution is -2.36. The number of carbonyl (C=O) groups is 3. The largest absolute Gasteiger partial charge is 0.381 e. The number of ether oxygens (including phenoxy) is 1. The highest BCUT2D eigenvalue weighted by atomic mass is 16.5. The quantitative estimate of drug-likeness (QED) is 0.338. The highest BCUT2D eigenvalue weighted by Crippen LogP contribution is 2.31. The zero-order valence-corrected chi connectivity index (χ0v) is 18.2. The molecule has 0 aromatic heterocycles. The lowest BCUT2D eigenvalue weighted by Gasteiger charge is -2.22. The van der Waals surface area contributed by atoms with Crippen LogP contribution < -0.4 is 10.6 Å². The van der Waals surface area contributed by atoms with E-state index >= 15 is 0 Å². The Labute approximate surface area is 179 Å². The molecule has 1 aliphatic rings. The Morgan fingerprint density at radius 3 is 2.73 bits per heavy atom. The fourth-order valence-corrected chi connectivity index (χ4v) is 3.53. The number of carbonyl (C=O) groups excluding carboxylic acids is 3. The van der Waals surface area contributed by atoms with Crippen molar-refractivity contribution in [3.63, 3.8) is 0 Å². The van der Waals surface area contributed by atoms with Crippen LogP contribution in [0.25, 0.3) is 0 Å². The molecule has 1 aliphatic heterocycles. The van der Waals surface area contributed by atoms with Crippen molar-refractivity contribution >= 4 is 23.8 Å². The van der Waals surface area contributed by atoms with E-state index in [1.54, 1.807) is 23.1 Å². The number of rotatable bonds is 15. The molecule has 1 heterocycles. The zero-order valence-electron chi connectivity index (χ0n) is 18.2.